The minimum atomic E-state index is -0.942. The molecule has 1 aromatic rings. The Kier molecular flexibility index (Phi) is 3.72. The maximum Gasteiger partial charge on any atom is 0.270 e. The molecule has 17 heavy (non-hydrogen) atoms. The average molecular weight is 257 g/mol. The van der Waals surface area contributed by atoms with Gasteiger partial charge in [-0.1, -0.05) is 0 Å². The molecule has 1 aliphatic rings. The zero-order valence-corrected chi connectivity index (χ0v) is 10.1. The number of thiazole rings is 1. The fourth-order valence-corrected chi connectivity index (χ4v) is 2.23. The van der Waals surface area contributed by atoms with E-state index in [-0.39, 0.29) is 19.1 Å². The van der Waals surface area contributed by atoms with Crippen molar-refractivity contribution in [1.29, 1.82) is 0 Å². The lowest BCUT2D eigenvalue weighted by atomic mass is 10.0. The normalized spacial score (nSPS) is 23.9. The topological polar surface area (TPSA) is 97.5 Å². The number of amides is 1. The zero-order valence-electron chi connectivity index (χ0n) is 9.31. The third-order valence-corrected chi connectivity index (χ3v) is 3.49. The summed E-state index contributed by atoms with van der Waals surface area (Å²) in [6.45, 7) is 1.30. The van der Waals surface area contributed by atoms with Gasteiger partial charge in [0.15, 0.2) is 0 Å². The van der Waals surface area contributed by atoms with E-state index in [1.165, 1.54) is 11.3 Å². The van der Waals surface area contributed by atoms with Gasteiger partial charge < -0.3 is 20.9 Å². The second-order valence-electron chi connectivity index (χ2n) is 4.04. The molecule has 7 heteroatoms. The lowest BCUT2D eigenvalue weighted by Crippen LogP contribution is -2.43. The molecule has 1 fully saturated rings. The van der Waals surface area contributed by atoms with E-state index >= 15 is 0 Å². The first-order valence-electron chi connectivity index (χ1n) is 5.36. The van der Waals surface area contributed by atoms with Gasteiger partial charge in [-0.2, -0.15) is 0 Å². The van der Waals surface area contributed by atoms with E-state index in [0.29, 0.717) is 25.3 Å². The minimum Gasteiger partial charge on any atom is -0.386 e. The summed E-state index contributed by atoms with van der Waals surface area (Å²) in [5.74, 6) is -0.290. The van der Waals surface area contributed by atoms with Crippen molar-refractivity contribution in [1.82, 2.24) is 10.3 Å². The van der Waals surface area contributed by atoms with Crippen LogP contribution in [0.15, 0.2) is 5.38 Å². The molecule has 4 N–H and O–H groups in total. The molecule has 1 saturated heterocycles. The van der Waals surface area contributed by atoms with Crippen LogP contribution < -0.4 is 11.1 Å². The number of nitrogens with one attached hydrogen (secondary N) is 1. The van der Waals surface area contributed by atoms with Gasteiger partial charge in [0.1, 0.15) is 16.3 Å². The van der Waals surface area contributed by atoms with Crippen molar-refractivity contribution in [3.63, 3.8) is 0 Å². The molecule has 1 atom stereocenters. The molecule has 2 heterocycles. The molecule has 0 aliphatic carbocycles. The van der Waals surface area contributed by atoms with Crippen molar-refractivity contribution in [3.8, 4) is 0 Å². The van der Waals surface area contributed by atoms with Crippen molar-refractivity contribution in [3.05, 3.63) is 16.1 Å². The summed E-state index contributed by atoms with van der Waals surface area (Å²) in [7, 11) is 0. The van der Waals surface area contributed by atoms with E-state index in [9.17, 15) is 9.90 Å². The van der Waals surface area contributed by atoms with Crippen molar-refractivity contribution >= 4 is 17.2 Å². The lowest BCUT2D eigenvalue weighted by molar-refractivity contribution is 0.0264. The largest absolute Gasteiger partial charge is 0.386 e. The Labute approximate surface area is 103 Å². The van der Waals surface area contributed by atoms with Crippen LogP contribution in [0, 0.1) is 0 Å². The molecule has 0 aromatic carbocycles. The summed E-state index contributed by atoms with van der Waals surface area (Å²) in [6, 6.07) is 0. The predicted octanol–water partition coefficient (Wildman–Crippen LogP) is -0.517. The van der Waals surface area contributed by atoms with E-state index in [1.54, 1.807) is 5.38 Å². The van der Waals surface area contributed by atoms with Crippen LogP contribution >= 0.6 is 11.3 Å². The first-order chi connectivity index (χ1) is 8.13. The molecule has 0 bridgehead atoms. The second kappa shape index (κ2) is 5.09. The van der Waals surface area contributed by atoms with Gasteiger partial charge in [-0.05, 0) is 0 Å². The average Bonchev–Trinajstić information content (AvgIpc) is 2.95. The van der Waals surface area contributed by atoms with Crippen LogP contribution in [0.3, 0.4) is 0 Å². The van der Waals surface area contributed by atoms with E-state index in [0.717, 1.165) is 5.01 Å². The summed E-state index contributed by atoms with van der Waals surface area (Å²) in [6.07, 6.45) is 0.540. The van der Waals surface area contributed by atoms with E-state index in [1.807, 2.05) is 0 Å². The first kappa shape index (κ1) is 12.4. The third kappa shape index (κ3) is 3.01. The molecule has 0 radical (unpaired) electrons. The van der Waals surface area contributed by atoms with Crippen molar-refractivity contribution < 1.29 is 14.6 Å². The van der Waals surface area contributed by atoms with Gasteiger partial charge in [0.2, 0.25) is 0 Å². The van der Waals surface area contributed by atoms with Crippen LogP contribution in [0.1, 0.15) is 21.9 Å². The molecule has 6 nitrogen and oxygen atoms in total. The standard InChI is InChI=1S/C10H15N3O3S/c11-3-8-13-7(4-17-8)9(14)12-5-10(15)1-2-16-6-10/h4,15H,1-3,5-6,11H2,(H,12,14). The SMILES string of the molecule is NCc1nc(C(=O)NCC2(O)CCOC2)cs1. The van der Waals surface area contributed by atoms with Crippen LogP contribution in [0.2, 0.25) is 0 Å². The Morgan fingerprint density at radius 1 is 1.76 bits per heavy atom. The van der Waals surface area contributed by atoms with Gasteiger partial charge in [-0.25, -0.2) is 4.98 Å². The van der Waals surface area contributed by atoms with E-state index in [4.69, 9.17) is 10.5 Å². The monoisotopic (exact) mass is 257 g/mol. The van der Waals surface area contributed by atoms with Gasteiger partial charge in [0.05, 0.1) is 6.61 Å². The summed E-state index contributed by atoms with van der Waals surface area (Å²) in [5, 5.41) is 15.0. The molecular weight excluding hydrogens is 242 g/mol. The lowest BCUT2D eigenvalue weighted by Gasteiger charge is -2.20. The highest BCUT2D eigenvalue weighted by Gasteiger charge is 2.32. The molecule has 1 unspecified atom stereocenters. The number of hydrogen-bond donors (Lipinski definition) is 3. The summed E-state index contributed by atoms with van der Waals surface area (Å²) < 4.78 is 5.09. The summed E-state index contributed by atoms with van der Waals surface area (Å²) in [5.41, 5.74) is 4.82. The zero-order chi connectivity index (χ0) is 12.3. The van der Waals surface area contributed by atoms with Gasteiger partial charge in [-0.3, -0.25) is 4.79 Å². The Bertz CT molecular complexity index is 401. The smallest absolute Gasteiger partial charge is 0.270 e. The van der Waals surface area contributed by atoms with Crippen LogP contribution in [-0.2, 0) is 11.3 Å². The highest BCUT2D eigenvalue weighted by atomic mass is 32.1. The Balaban J connectivity index is 1.88. The number of rotatable bonds is 4. The maximum absolute atomic E-state index is 11.7. The van der Waals surface area contributed by atoms with Crippen molar-refractivity contribution in [2.75, 3.05) is 19.8 Å². The predicted molar refractivity (Wildman–Crippen MR) is 62.7 cm³/mol. The Morgan fingerprint density at radius 2 is 2.59 bits per heavy atom. The molecule has 1 aliphatic heterocycles. The van der Waals surface area contributed by atoms with Crippen molar-refractivity contribution in [2.45, 2.75) is 18.6 Å². The first-order valence-corrected chi connectivity index (χ1v) is 6.24. The van der Waals surface area contributed by atoms with Gasteiger partial charge in [0, 0.05) is 31.5 Å². The van der Waals surface area contributed by atoms with Crippen LogP contribution in [-0.4, -0.2) is 41.4 Å². The minimum absolute atomic E-state index is 0.182. The number of aromatic nitrogens is 1. The molecule has 0 spiro atoms. The van der Waals surface area contributed by atoms with Crippen LogP contribution in [0.5, 0.6) is 0 Å². The number of carbonyl (C=O) groups excluding carboxylic acids is 1. The Morgan fingerprint density at radius 3 is 3.18 bits per heavy atom. The van der Waals surface area contributed by atoms with Gasteiger partial charge in [0.25, 0.3) is 5.91 Å². The van der Waals surface area contributed by atoms with Gasteiger partial charge >= 0.3 is 0 Å². The molecule has 2 rings (SSSR count). The number of nitrogens with zero attached hydrogens (tertiary/aromatic N) is 1. The third-order valence-electron chi connectivity index (χ3n) is 2.62. The second-order valence-corrected chi connectivity index (χ2v) is 4.98. The van der Waals surface area contributed by atoms with E-state index < -0.39 is 5.60 Å². The van der Waals surface area contributed by atoms with Crippen LogP contribution in [0.4, 0.5) is 0 Å². The van der Waals surface area contributed by atoms with Crippen LogP contribution in [0.25, 0.3) is 0 Å². The molecule has 94 valence electrons. The number of nitrogens with two attached hydrogens (primary N) is 1. The number of carbonyl (C=O) groups is 1. The molecular formula is C10H15N3O3S. The molecule has 1 aromatic heterocycles. The quantitative estimate of drug-likeness (QED) is 0.674. The van der Waals surface area contributed by atoms with Crippen molar-refractivity contribution in [2.24, 2.45) is 5.73 Å². The number of hydrogen-bond acceptors (Lipinski definition) is 6. The summed E-state index contributed by atoms with van der Waals surface area (Å²) in [4.78, 5) is 15.8. The summed E-state index contributed by atoms with van der Waals surface area (Å²) >= 11 is 1.35. The number of aliphatic hydroxyl groups is 1. The maximum atomic E-state index is 11.7. The molecule has 1 amide bonds. The van der Waals surface area contributed by atoms with Gasteiger partial charge in [-0.15, -0.1) is 11.3 Å². The highest BCUT2D eigenvalue weighted by molar-refractivity contribution is 7.09. The number of ether oxygens (including phenoxy) is 1. The fourth-order valence-electron chi connectivity index (χ4n) is 1.58. The highest BCUT2D eigenvalue weighted by Crippen LogP contribution is 2.17. The molecule has 0 saturated carbocycles. The fraction of sp³-hybridized carbons (Fsp3) is 0.600. The Hall–Kier alpha value is -1.02. The van der Waals surface area contributed by atoms with E-state index in [2.05, 4.69) is 10.3 Å².